The lowest BCUT2D eigenvalue weighted by atomic mass is 10.2. The van der Waals surface area contributed by atoms with Crippen molar-refractivity contribution in [2.75, 3.05) is 17.6 Å². The van der Waals surface area contributed by atoms with E-state index in [1.807, 2.05) is 6.07 Å². The highest BCUT2D eigenvalue weighted by molar-refractivity contribution is 7.92. The second-order valence-electron chi connectivity index (χ2n) is 6.75. The third-order valence-electron chi connectivity index (χ3n) is 4.80. The molecule has 0 unspecified atom stereocenters. The van der Waals surface area contributed by atoms with Crippen LogP contribution in [0.2, 0.25) is 0 Å². The Hall–Kier alpha value is -3.85. The summed E-state index contributed by atoms with van der Waals surface area (Å²) in [5.74, 6) is -0.126. The van der Waals surface area contributed by atoms with Crippen molar-refractivity contribution in [2.24, 2.45) is 0 Å². The molecule has 4 rings (SSSR count). The summed E-state index contributed by atoms with van der Waals surface area (Å²) in [6.07, 6.45) is 0. The maximum atomic E-state index is 13.2. The van der Waals surface area contributed by atoms with Crippen molar-refractivity contribution in [3.63, 3.8) is 0 Å². The van der Waals surface area contributed by atoms with Crippen molar-refractivity contribution in [3.05, 3.63) is 48.0 Å². The topological polar surface area (TPSA) is 127 Å². The summed E-state index contributed by atoms with van der Waals surface area (Å²) in [4.78, 5) is 7.97. The Morgan fingerprint density at radius 2 is 1.81 bits per heavy atom. The third kappa shape index (κ3) is 3.18. The van der Waals surface area contributed by atoms with Crippen molar-refractivity contribution in [1.29, 1.82) is 5.26 Å². The number of hydrogen-bond donors (Lipinski definition) is 2. The number of benzene rings is 2. The van der Waals surface area contributed by atoms with E-state index in [-0.39, 0.29) is 28.2 Å². The first-order chi connectivity index (χ1) is 15.1. The summed E-state index contributed by atoms with van der Waals surface area (Å²) in [5, 5.41) is 12.6. The van der Waals surface area contributed by atoms with Gasteiger partial charge in [0.15, 0.2) is 5.65 Å². The maximum absolute atomic E-state index is 13.2. The van der Waals surface area contributed by atoms with Crippen LogP contribution in [-0.4, -0.2) is 35.0 Å². The van der Waals surface area contributed by atoms with Crippen LogP contribution >= 0.6 is 0 Å². The van der Waals surface area contributed by atoms with Gasteiger partial charge in [0.05, 0.1) is 27.3 Å². The molecule has 0 aliphatic rings. The van der Waals surface area contributed by atoms with Crippen LogP contribution in [0.25, 0.3) is 27.9 Å². The van der Waals surface area contributed by atoms with Gasteiger partial charge in [-0.2, -0.15) is 18.4 Å². The third-order valence-corrected chi connectivity index (χ3v) is 6.29. The molecular formula is C20H15F3N6O2S. The van der Waals surface area contributed by atoms with E-state index in [0.717, 1.165) is 12.1 Å². The van der Waals surface area contributed by atoms with Gasteiger partial charge in [0.2, 0.25) is 0 Å². The highest BCUT2D eigenvalue weighted by Crippen LogP contribution is 2.37. The van der Waals surface area contributed by atoms with Gasteiger partial charge in [-0.1, -0.05) is 12.1 Å². The van der Waals surface area contributed by atoms with E-state index in [2.05, 4.69) is 15.3 Å². The summed E-state index contributed by atoms with van der Waals surface area (Å²) in [6.45, 7) is 2.15. The van der Waals surface area contributed by atoms with Crippen LogP contribution in [0.15, 0.2) is 47.4 Å². The average molecular weight is 460 g/mol. The Kier molecular flexibility index (Phi) is 4.93. The zero-order chi connectivity index (χ0) is 23.3. The predicted octanol–water partition coefficient (Wildman–Crippen LogP) is 3.75. The summed E-state index contributed by atoms with van der Waals surface area (Å²) in [5.41, 5.74) is 2.20. The fraction of sp³-hybridized carbons (Fsp3) is 0.150. The van der Waals surface area contributed by atoms with Crippen LogP contribution in [-0.2, 0) is 9.84 Å². The largest absolute Gasteiger partial charge is 0.501 e. The Morgan fingerprint density at radius 1 is 1.16 bits per heavy atom. The van der Waals surface area contributed by atoms with E-state index in [4.69, 9.17) is 5.73 Å². The minimum atomic E-state index is -5.62. The molecule has 2 aromatic carbocycles. The van der Waals surface area contributed by atoms with Gasteiger partial charge < -0.3 is 11.1 Å². The number of sulfone groups is 1. The smallest absolute Gasteiger partial charge is 0.384 e. The van der Waals surface area contributed by atoms with Crippen LogP contribution < -0.4 is 11.1 Å². The molecule has 164 valence electrons. The summed E-state index contributed by atoms with van der Waals surface area (Å²) < 4.78 is 64.8. The molecule has 2 heterocycles. The zero-order valence-electron chi connectivity index (χ0n) is 16.5. The van der Waals surface area contributed by atoms with Crippen LogP contribution in [0.5, 0.6) is 0 Å². The van der Waals surface area contributed by atoms with Gasteiger partial charge in [0, 0.05) is 6.54 Å². The first-order valence-corrected chi connectivity index (χ1v) is 10.7. The number of hydrogen-bond acceptors (Lipinski definition) is 7. The van der Waals surface area contributed by atoms with Crippen molar-refractivity contribution in [2.45, 2.75) is 17.3 Å². The summed E-state index contributed by atoms with van der Waals surface area (Å²) in [7, 11) is -5.62. The number of halogens is 3. The van der Waals surface area contributed by atoms with Gasteiger partial charge in [0.25, 0.3) is 9.84 Å². The number of anilines is 2. The number of rotatable bonds is 4. The fourth-order valence-corrected chi connectivity index (χ4v) is 4.13. The number of alkyl halides is 3. The molecule has 0 saturated carbocycles. The van der Waals surface area contributed by atoms with Gasteiger partial charge in [-0.25, -0.2) is 18.4 Å². The molecule has 0 bridgehead atoms. The number of nitrogen functional groups attached to an aromatic ring is 1. The minimum absolute atomic E-state index is 0.00856. The molecule has 0 fully saturated rings. The first kappa shape index (κ1) is 21.4. The second-order valence-corrected chi connectivity index (χ2v) is 8.69. The quantitative estimate of drug-likeness (QED) is 0.475. The van der Waals surface area contributed by atoms with E-state index in [1.165, 1.54) is 10.6 Å². The molecule has 32 heavy (non-hydrogen) atoms. The van der Waals surface area contributed by atoms with Crippen LogP contribution in [0.4, 0.5) is 24.7 Å². The number of nitrogens with one attached hydrogen (secondary N) is 1. The molecule has 3 N–H and O–H groups in total. The molecule has 4 aromatic rings. The first-order valence-electron chi connectivity index (χ1n) is 9.26. The van der Waals surface area contributed by atoms with Gasteiger partial charge >= 0.3 is 5.51 Å². The Balaban J connectivity index is 2.11. The van der Waals surface area contributed by atoms with E-state index in [0.29, 0.717) is 23.3 Å². The molecular weight excluding hydrogens is 445 g/mol. The Labute approximate surface area is 180 Å². The van der Waals surface area contributed by atoms with E-state index in [9.17, 15) is 26.9 Å². The highest BCUT2D eigenvalue weighted by atomic mass is 32.2. The summed E-state index contributed by atoms with van der Waals surface area (Å²) >= 11 is 0. The lowest BCUT2D eigenvalue weighted by Crippen LogP contribution is -2.23. The normalized spacial score (nSPS) is 12.2. The molecule has 0 saturated heterocycles. The molecule has 0 aliphatic heterocycles. The van der Waals surface area contributed by atoms with Crippen LogP contribution in [0.3, 0.4) is 0 Å². The number of nitrogens with zero attached hydrogens (tertiary/aromatic N) is 4. The SMILES string of the molecule is CCNc1ccc(S(=O)(=O)C(F)(F)F)cc1-n1c(N)c(C#N)c2nc3ccccc3nc21. The van der Waals surface area contributed by atoms with E-state index >= 15 is 0 Å². The maximum Gasteiger partial charge on any atom is 0.501 e. The van der Waals surface area contributed by atoms with Crippen LogP contribution in [0.1, 0.15) is 12.5 Å². The number of para-hydroxylation sites is 2. The zero-order valence-corrected chi connectivity index (χ0v) is 17.3. The molecule has 0 radical (unpaired) electrons. The summed E-state index contributed by atoms with van der Waals surface area (Å²) in [6, 6.07) is 11.7. The van der Waals surface area contributed by atoms with E-state index < -0.39 is 20.2 Å². The van der Waals surface area contributed by atoms with Crippen molar-refractivity contribution in [1.82, 2.24) is 14.5 Å². The van der Waals surface area contributed by atoms with Crippen LogP contribution in [0, 0.1) is 11.3 Å². The fourth-order valence-electron chi connectivity index (χ4n) is 3.35. The molecule has 0 atom stereocenters. The van der Waals surface area contributed by atoms with E-state index in [1.54, 1.807) is 31.2 Å². The monoisotopic (exact) mass is 460 g/mol. The standard InChI is InChI=1S/C20H15F3N6O2S/c1-2-26-15-8-7-11(32(30,31)20(21,22)23)9-16(15)29-18(25)12(10-24)17-19(29)28-14-6-4-3-5-13(14)27-17/h3-9,26H,2,25H2,1H3. The second kappa shape index (κ2) is 7.38. The van der Waals surface area contributed by atoms with Crippen molar-refractivity contribution in [3.8, 4) is 11.8 Å². The Morgan fingerprint density at radius 3 is 2.41 bits per heavy atom. The highest BCUT2D eigenvalue weighted by Gasteiger charge is 2.47. The lowest BCUT2D eigenvalue weighted by molar-refractivity contribution is -0.0436. The molecule has 8 nitrogen and oxygen atoms in total. The molecule has 0 amide bonds. The number of aromatic nitrogens is 3. The minimum Gasteiger partial charge on any atom is -0.384 e. The lowest BCUT2D eigenvalue weighted by Gasteiger charge is -2.16. The number of nitriles is 1. The number of nitrogens with two attached hydrogens (primary N) is 1. The van der Waals surface area contributed by atoms with Crippen molar-refractivity contribution < 1.29 is 21.6 Å². The van der Waals surface area contributed by atoms with Gasteiger partial charge in [-0.05, 0) is 37.3 Å². The molecule has 0 spiro atoms. The molecule has 0 aliphatic carbocycles. The molecule has 2 aromatic heterocycles. The van der Waals surface area contributed by atoms with Gasteiger partial charge in [-0.15, -0.1) is 0 Å². The van der Waals surface area contributed by atoms with Gasteiger partial charge in [0.1, 0.15) is 23.0 Å². The Bertz CT molecular complexity index is 1520. The molecule has 12 heteroatoms. The van der Waals surface area contributed by atoms with Gasteiger partial charge in [-0.3, -0.25) is 4.57 Å². The number of fused-ring (bicyclic) bond motifs is 2. The average Bonchev–Trinajstić information content (AvgIpc) is 3.01. The van der Waals surface area contributed by atoms with Crippen molar-refractivity contribution >= 4 is 43.5 Å². The predicted molar refractivity (Wildman–Crippen MR) is 113 cm³/mol.